The van der Waals surface area contributed by atoms with Gasteiger partial charge in [-0.2, -0.15) is 0 Å². The van der Waals surface area contributed by atoms with E-state index in [0.717, 1.165) is 6.07 Å². The van der Waals surface area contributed by atoms with E-state index in [9.17, 15) is 12.8 Å². The number of hydrogen-bond acceptors (Lipinski definition) is 9. The normalized spacial score (nSPS) is 17.0. The standard InChI is InChI=1S/C28H28F2N6O4S/c1-39-25-14-21(13-23(30)26(25)36-41(37,38)17-18-6-3-2-4-7-18)40-27-22(8-5-10-32-27)24-9-11-33-28(35-24)34-20-12-19(29)15-31-16-20/h2-11,13-14,19-20,31,36H,12,15-17H2,1H3,(H,33,34,35)/t19-,20-/m0/s1. The molecule has 3 N–H and O–H groups in total. The molecule has 4 aromatic rings. The van der Waals surface area contributed by atoms with Crippen LogP contribution in [0.15, 0.2) is 73.1 Å². The lowest BCUT2D eigenvalue weighted by molar-refractivity contribution is 0.254. The average molecular weight is 583 g/mol. The van der Waals surface area contributed by atoms with E-state index in [1.807, 2.05) is 0 Å². The number of rotatable bonds is 10. The van der Waals surface area contributed by atoms with Crippen LogP contribution < -0.4 is 24.8 Å². The van der Waals surface area contributed by atoms with Crippen molar-refractivity contribution in [1.82, 2.24) is 20.3 Å². The molecule has 0 spiro atoms. The second-order valence-corrected chi connectivity index (χ2v) is 11.1. The van der Waals surface area contributed by atoms with Crippen molar-refractivity contribution < 1.29 is 26.7 Å². The lowest BCUT2D eigenvalue weighted by Crippen LogP contribution is -2.44. The highest BCUT2D eigenvalue weighted by molar-refractivity contribution is 7.91. The number of hydrogen-bond donors (Lipinski definition) is 3. The molecule has 0 saturated carbocycles. The Hall–Kier alpha value is -4.36. The van der Waals surface area contributed by atoms with Crippen LogP contribution in [0.5, 0.6) is 17.4 Å². The lowest BCUT2D eigenvalue weighted by atomic mass is 10.1. The lowest BCUT2D eigenvalue weighted by Gasteiger charge is -2.26. The van der Waals surface area contributed by atoms with Crippen LogP contribution in [0.25, 0.3) is 11.3 Å². The number of aromatic nitrogens is 3. The summed E-state index contributed by atoms with van der Waals surface area (Å²) in [5, 5.41) is 6.17. The van der Waals surface area contributed by atoms with Gasteiger partial charge in [-0.05, 0) is 23.8 Å². The molecule has 13 heteroatoms. The molecule has 1 aliphatic rings. The summed E-state index contributed by atoms with van der Waals surface area (Å²) in [4.78, 5) is 13.1. The first-order chi connectivity index (χ1) is 19.8. The molecule has 2 aromatic heterocycles. The summed E-state index contributed by atoms with van der Waals surface area (Å²) >= 11 is 0. The van der Waals surface area contributed by atoms with Crippen molar-refractivity contribution in [1.29, 1.82) is 0 Å². The molecule has 0 bridgehead atoms. The summed E-state index contributed by atoms with van der Waals surface area (Å²) in [6.45, 7) is 0.905. The Morgan fingerprint density at radius 3 is 2.66 bits per heavy atom. The van der Waals surface area contributed by atoms with Gasteiger partial charge in [0.05, 0.1) is 24.1 Å². The van der Waals surface area contributed by atoms with Crippen molar-refractivity contribution in [2.24, 2.45) is 0 Å². The minimum atomic E-state index is -3.94. The van der Waals surface area contributed by atoms with Gasteiger partial charge in [0, 0.05) is 50.1 Å². The van der Waals surface area contributed by atoms with Gasteiger partial charge in [0.15, 0.2) is 5.82 Å². The Morgan fingerprint density at radius 1 is 1.05 bits per heavy atom. The maximum absolute atomic E-state index is 15.2. The van der Waals surface area contributed by atoms with Gasteiger partial charge in [-0.1, -0.05) is 30.3 Å². The molecule has 214 valence electrons. The molecule has 2 atom stereocenters. The number of halogens is 2. The zero-order valence-corrected chi connectivity index (χ0v) is 22.9. The van der Waals surface area contributed by atoms with Crippen molar-refractivity contribution in [3.05, 3.63) is 84.4 Å². The molecule has 41 heavy (non-hydrogen) atoms. The Balaban J connectivity index is 1.37. The van der Waals surface area contributed by atoms with Gasteiger partial charge in [-0.15, -0.1) is 0 Å². The fourth-order valence-corrected chi connectivity index (χ4v) is 5.61. The van der Waals surface area contributed by atoms with E-state index >= 15 is 4.39 Å². The van der Waals surface area contributed by atoms with E-state index in [2.05, 4.69) is 30.3 Å². The van der Waals surface area contributed by atoms with Crippen LogP contribution in [0.4, 0.5) is 20.4 Å². The smallest absolute Gasteiger partial charge is 0.237 e. The predicted molar refractivity (Wildman–Crippen MR) is 151 cm³/mol. The van der Waals surface area contributed by atoms with Gasteiger partial charge in [0.1, 0.15) is 23.4 Å². The number of piperidine rings is 1. The van der Waals surface area contributed by atoms with E-state index < -0.39 is 22.0 Å². The maximum Gasteiger partial charge on any atom is 0.237 e. The van der Waals surface area contributed by atoms with Crippen molar-refractivity contribution in [2.75, 3.05) is 30.2 Å². The van der Waals surface area contributed by atoms with E-state index in [1.165, 1.54) is 19.4 Å². The summed E-state index contributed by atoms with van der Waals surface area (Å²) in [6.07, 6.45) is 2.45. The zero-order valence-electron chi connectivity index (χ0n) is 22.1. The van der Waals surface area contributed by atoms with Crippen LogP contribution in [0, 0.1) is 5.82 Å². The summed E-state index contributed by atoms with van der Waals surface area (Å²) < 4.78 is 67.9. The van der Waals surface area contributed by atoms with Gasteiger partial charge in [0.2, 0.25) is 21.9 Å². The molecular weight excluding hydrogens is 554 g/mol. The highest BCUT2D eigenvalue weighted by Crippen LogP contribution is 2.37. The van der Waals surface area contributed by atoms with Gasteiger partial charge < -0.3 is 20.1 Å². The molecule has 10 nitrogen and oxygen atoms in total. The van der Waals surface area contributed by atoms with Gasteiger partial charge in [-0.3, -0.25) is 4.72 Å². The first-order valence-corrected chi connectivity index (χ1v) is 14.4. The third kappa shape index (κ3) is 7.24. The minimum Gasteiger partial charge on any atom is -0.494 e. The third-order valence-electron chi connectivity index (χ3n) is 6.25. The second-order valence-electron chi connectivity index (χ2n) is 9.39. The number of methoxy groups -OCH3 is 1. The van der Waals surface area contributed by atoms with E-state index in [4.69, 9.17) is 9.47 Å². The Kier molecular flexibility index (Phi) is 8.55. The number of anilines is 2. The van der Waals surface area contributed by atoms with Gasteiger partial charge in [0.25, 0.3) is 0 Å². The molecule has 1 saturated heterocycles. The quantitative estimate of drug-likeness (QED) is 0.247. The van der Waals surface area contributed by atoms with Gasteiger partial charge >= 0.3 is 0 Å². The van der Waals surface area contributed by atoms with E-state index in [0.29, 0.717) is 42.3 Å². The molecule has 0 aliphatic carbocycles. The first-order valence-electron chi connectivity index (χ1n) is 12.8. The summed E-state index contributed by atoms with van der Waals surface area (Å²) in [6, 6.07) is 15.9. The average Bonchev–Trinajstić information content (AvgIpc) is 2.95. The van der Waals surface area contributed by atoms with Crippen molar-refractivity contribution in [3.8, 4) is 28.6 Å². The third-order valence-corrected chi connectivity index (χ3v) is 7.48. The van der Waals surface area contributed by atoms with Crippen molar-refractivity contribution >= 4 is 21.7 Å². The Bertz CT molecular complexity index is 1610. The highest BCUT2D eigenvalue weighted by Gasteiger charge is 2.23. The molecule has 0 unspecified atom stereocenters. The molecule has 3 heterocycles. The predicted octanol–water partition coefficient (Wildman–Crippen LogP) is 4.53. The Labute approximate surface area is 236 Å². The van der Waals surface area contributed by atoms with Crippen LogP contribution in [0.3, 0.4) is 0 Å². The largest absolute Gasteiger partial charge is 0.494 e. The van der Waals surface area contributed by atoms with Crippen molar-refractivity contribution in [3.63, 3.8) is 0 Å². The number of ether oxygens (including phenoxy) is 2. The fourth-order valence-electron chi connectivity index (χ4n) is 4.40. The number of benzene rings is 2. The number of nitrogens with zero attached hydrogens (tertiary/aromatic N) is 3. The number of pyridine rings is 1. The van der Waals surface area contributed by atoms with Crippen molar-refractivity contribution in [2.45, 2.75) is 24.4 Å². The number of alkyl halides is 1. The van der Waals surface area contributed by atoms with E-state index in [-0.39, 0.29) is 34.9 Å². The first kappa shape index (κ1) is 28.2. The van der Waals surface area contributed by atoms with Crippen LogP contribution in [-0.2, 0) is 15.8 Å². The monoisotopic (exact) mass is 582 g/mol. The fraction of sp³-hybridized carbons (Fsp3) is 0.250. The molecule has 0 radical (unpaired) electrons. The van der Waals surface area contributed by atoms with Gasteiger partial charge in [-0.25, -0.2) is 32.2 Å². The van der Waals surface area contributed by atoms with Crippen LogP contribution >= 0.6 is 0 Å². The Morgan fingerprint density at radius 2 is 1.88 bits per heavy atom. The maximum atomic E-state index is 15.2. The second kappa shape index (κ2) is 12.4. The SMILES string of the molecule is COc1cc(Oc2ncccc2-c2ccnc(N[C@@H]3CNC[C@@H](F)C3)n2)cc(F)c1NS(=O)(=O)Cc1ccccc1. The topological polar surface area (TPSA) is 127 Å². The minimum absolute atomic E-state index is 0.0278. The summed E-state index contributed by atoms with van der Waals surface area (Å²) in [7, 11) is -2.65. The summed E-state index contributed by atoms with van der Waals surface area (Å²) in [5.41, 5.74) is 1.18. The zero-order chi connectivity index (χ0) is 28.8. The molecule has 0 amide bonds. The number of nitrogens with one attached hydrogen (secondary N) is 3. The van der Waals surface area contributed by atoms with E-state index in [1.54, 1.807) is 54.7 Å². The molecular formula is C28H28F2N6O4S. The summed E-state index contributed by atoms with van der Waals surface area (Å²) in [5.74, 6) is -0.839. The molecule has 1 aliphatic heterocycles. The number of sulfonamides is 1. The molecule has 1 fully saturated rings. The van der Waals surface area contributed by atoms with Crippen LogP contribution in [0.1, 0.15) is 12.0 Å². The molecule has 2 aromatic carbocycles. The van der Waals surface area contributed by atoms with Crippen LogP contribution in [0.2, 0.25) is 0 Å². The van der Waals surface area contributed by atoms with Crippen LogP contribution in [-0.4, -0.2) is 55.8 Å². The highest BCUT2D eigenvalue weighted by atomic mass is 32.2. The molecule has 5 rings (SSSR count).